The maximum Gasteiger partial charge on any atom is 0.0599 e. The van der Waals surface area contributed by atoms with E-state index in [1.807, 2.05) is 12.1 Å². The number of benzene rings is 1. The summed E-state index contributed by atoms with van der Waals surface area (Å²) in [6.45, 7) is 4.49. The second kappa shape index (κ2) is 4.83. The van der Waals surface area contributed by atoms with Crippen molar-refractivity contribution in [3.63, 3.8) is 0 Å². The summed E-state index contributed by atoms with van der Waals surface area (Å²) in [5.74, 6) is 2.93. The second-order valence-corrected chi connectivity index (χ2v) is 6.03. The SMILES string of the molecule is CCN(CC1CC2CCC1C2)c1ccccc1N. The van der Waals surface area contributed by atoms with Gasteiger partial charge in [-0.25, -0.2) is 0 Å². The van der Waals surface area contributed by atoms with E-state index in [1.165, 1.54) is 37.9 Å². The summed E-state index contributed by atoms with van der Waals surface area (Å²) >= 11 is 0. The summed E-state index contributed by atoms with van der Waals surface area (Å²) in [4.78, 5) is 2.47. The molecule has 0 amide bonds. The molecule has 3 atom stereocenters. The zero-order chi connectivity index (χ0) is 12.5. The molecule has 2 aliphatic rings. The van der Waals surface area contributed by atoms with Crippen LogP contribution in [0.2, 0.25) is 0 Å². The van der Waals surface area contributed by atoms with Crippen LogP contribution in [0.15, 0.2) is 24.3 Å². The largest absolute Gasteiger partial charge is 0.397 e. The van der Waals surface area contributed by atoms with Gasteiger partial charge in [0, 0.05) is 13.1 Å². The first-order chi connectivity index (χ1) is 8.78. The Hall–Kier alpha value is -1.18. The highest BCUT2D eigenvalue weighted by Gasteiger charge is 2.39. The molecular formula is C16H24N2. The van der Waals surface area contributed by atoms with Crippen LogP contribution in [0.3, 0.4) is 0 Å². The Morgan fingerprint density at radius 2 is 2.06 bits per heavy atom. The van der Waals surface area contributed by atoms with Crippen molar-refractivity contribution in [1.29, 1.82) is 0 Å². The lowest BCUT2D eigenvalue weighted by Crippen LogP contribution is -2.32. The van der Waals surface area contributed by atoms with Gasteiger partial charge in [0.1, 0.15) is 0 Å². The first kappa shape index (κ1) is 11.9. The van der Waals surface area contributed by atoms with Crippen LogP contribution in [0, 0.1) is 17.8 Å². The lowest BCUT2D eigenvalue weighted by atomic mass is 9.88. The van der Waals surface area contributed by atoms with E-state index in [0.717, 1.165) is 30.0 Å². The number of fused-ring (bicyclic) bond motifs is 2. The van der Waals surface area contributed by atoms with Gasteiger partial charge in [0.15, 0.2) is 0 Å². The smallest absolute Gasteiger partial charge is 0.0599 e. The molecule has 0 spiro atoms. The zero-order valence-corrected chi connectivity index (χ0v) is 11.3. The predicted octanol–water partition coefficient (Wildman–Crippen LogP) is 3.53. The van der Waals surface area contributed by atoms with Gasteiger partial charge in [0.05, 0.1) is 11.4 Å². The second-order valence-electron chi connectivity index (χ2n) is 6.03. The van der Waals surface area contributed by atoms with Crippen LogP contribution < -0.4 is 10.6 Å². The molecule has 3 unspecified atom stereocenters. The molecule has 2 bridgehead atoms. The summed E-state index contributed by atoms with van der Waals surface area (Å²) in [5.41, 5.74) is 8.25. The Kier molecular flexibility index (Phi) is 3.19. The van der Waals surface area contributed by atoms with Gasteiger partial charge in [0.25, 0.3) is 0 Å². The Morgan fingerprint density at radius 1 is 1.22 bits per heavy atom. The van der Waals surface area contributed by atoms with E-state index >= 15 is 0 Å². The molecular weight excluding hydrogens is 220 g/mol. The number of rotatable bonds is 4. The third-order valence-corrected chi connectivity index (χ3v) is 5.00. The molecule has 2 fully saturated rings. The molecule has 2 heteroatoms. The van der Waals surface area contributed by atoms with Crippen LogP contribution in [0.25, 0.3) is 0 Å². The third-order valence-electron chi connectivity index (χ3n) is 5.00. The van der Waals surface area contributed by atoms with E-state index in [4.69, 9.17) is 5.73 Å². The minimum Gasteiger partial charge on any atom is -0.397 e. The van der Waals surface area contributed by atoms with Gasteiger partial charge in [0.2, 0.25) is 0 Å². The fourth-order valence-corrected chi connectivity index (χ4v) is 4.06. The van der Waals surface area contributed by atoms with E-state index in [9.17, 15) is 0 Å². The van der Waals surface area contributed by atoms with Crippen LogP contribution in [-0.4, -0.2) is 13.1 Å². The molecule has 3 rings (SSSR count). The van der Waals surface area contributed by atoms with Crippen molar-refractivity contribution in [2.45, 2.75) is 32.6 Å². The van der Waals surface area contributed by atoms with Crippen molar-refractivity contribution < 1.29 is 0 Å². The quantitative estimate of drug-likeness (QED) is 0.821. The Bertz CT molecular complexity index is 415. The predicted molar refractivity (Wildman–Crippen MR) is 77.7 cm³/mol. The normalized spacial score (nSPS) is 29.7. The number of hydrogen-bond acceptors (Lipinski definition) is 2. The summed E-state index contributed by atoms with van der Waals surface area (Å²) < 4.78 is 0. The molecule has 98 valence electrons. The number of nitrogens with two attached hydrogens (primary N) is 1. The molecule has 1 aromatic carbocycles. The first-order valence-electron chi connectivity index (χ1n) is 7.37. The number of hydrogen-bond donors (Lipinski definition) is 1. The summed E-state index contributed by atoms with van der Waals surface area (Å²) in [5, 5.41) is 0. The van der Waals surface area contributed by atoms with Gasteiger partial charge in [-0.2, -0.15) is 0 Å². The monoisotopic (exact) mass is 244 g/mol. The average molecular weight is 244 g/mol. The molecule has 2 N–H and O–H groups in total. The fraction of sp³-hybridized carbons (Fsp3) is 0.625. The molecule has 0 radical (unpaired) electrons. The van der Waals surface area contributed by atoms with Crippen molar-refractivity contribution in [1.82, 2.24) is 0 Å². The highest BCUT2D eigenvalue weighted by Crippen LogP contribution is 2.48. The summed E-state index contributed by atoms with van der Waals surface area (Å²) in [6.07, 6.45) is 5.90. The van der Waals surface area contributed by atoms with Gasteiger partial charge >= 0.3 is 0 Å². The number of para-hydroxylation sites is 2. The molecule has 18 heavy (non-hydrogen) atoms. The lowest BCUT2D eigenvalue weighted by molar-refractivity contribution is 0.335. The molecule has 2 saturated carbocycles. The summed E-state index contributed by atoms with van der Waals surface area (Å²) in [6, 6.07) is 8.28. The van der Waals surface area contributed by atoms with Gasteiger partial charge in [-0.3, -0.25) is 0 Å². The summed E-state index contributed by atoms with van der Waals surface area (Å²) in [7, 11) is 0. The van der Waals surface area contributed by atoms with Crippen LogP contribution in [0.5, 0.6) is 0 Å². The van der Waals surface area contributed by atoms with Crippen molar-refractivity contribution in [3.8, 4) is 0 Å². The van der Waals surface area contributed by atoms with Gasteiger partial charge in [-0.05, 0) is 56.1 Å². The Balaban J connectivity index is 1.72. The first-order valence-corrected chi connectivity index (χ1v) is 7.37. The van der Waals surface area contributed by atoms with E-state index in [0.29, 0.717) is 0 Å². The Morgan fingerprint density at radius 3 is 2.67 bits per heavy atom. The average Bonchev–Trinajstić information content (AvgIpc) is 2.99. The Labute approximate surface area is 110 Å². The topological polar surface area (TPSA) is 29.3 Å². The number of nitrogen functional groups attached to an aromatic ring is 1. The molecule has 0 heterocycles. The van der Waals surface area contributed by atoms with Crippen molar-refractivity contribution >= 4 is 11.4 Å². The molecule has 0 aromatic heterocycles. The minimum absolute atomic E-state index is 0.906. The molecule has 1 aromatic rings. The third kappa shape index (κ3) is 2.09. The van der Waals surface area contributed by atoms with Gasteiger partial charge in [-0.15, -0.1) is 0 Å². The minimum atomic E-state index is 0.906. The number of anilines is 2. The standard InChI is InChI=1S/C16H24N2/c1-2-18(16-6-4-3-5-15(16)17)11-14-10-12-7-8-13(14)9-12/h3-6,12-14H,2,7-11,17H2,1H3. The molecule has 0 aliphatic heterocycles. The van der Waals surface area contributed by atoms with Crippen molar-refractivity contribution in [2.24, 2.45) is 17.8 Å². The van der Waals surface area contributed by atoms with Crippen LogP contribution in [0.4, 0.5) is 11.4 Å². The fourth-order valence-electron chi connectivity index (χ4n) is 4.06. The van der Waals surface area contributed by atoms with Crippen LogP contribution in [-0.2, 0) is 0 Å². The highest BCUT2D eigenvalue weighted by atomic mass is 15.1. The highest BCUT2D eigenvalue weighted by molar-refractivity contribution is 5.67. The van der Waals surface area contributed by atoms with Crippen LogP contribution in [0.1, 0.15) is 32.6 Å². The molecule has 2 nitrogen and oxygen atoms in total. The van der Waals surface area contributed by atoms with E-state index < -0.39 is 0 Å². The van der Waals surface area contributed by atoms with E-state index in [1.54, 1.807) is 0 Å². The zero-order valence-electron chi connectivity index (χ0n) is 11.3. The lowest BCUT2D eigenvalue weighted by Gasteiger charge is -2.31. The van der Waals surface area contributed by atoms with Crippen molar-refractivity contribution in [3.05, 3.63) is 24.3 Å². The maximum atomic E-state index is 6.11. The van der Waals surface area contributed by atoms with Gasteiger partial charge < -0.3 is 10.6 Å². The molecule has 2 aliphatic carbocycles. The van der Waals surface area contributed by atoms with E-state index in [-0.39, 0.29) is 0 Å². The van der Waals surface area contributed by atoms with Crippen molar-refractivity contribution in [2.75, 3.05) is 23.7 Å². The number of nitrogens with zero attached hydrogens (tertiary/aromatic N) is 1. The van der Waals surface area contributed by atoms with Gasteiger partial charge in [-0.1, -0.05) is 18.6 Å². The van der Waals surface area contributed by atoms with Crippen LogP contribution >= 0.6 is 0 Å². The molecule has 0 saturated heterocycles. The van der Waals surface area contributed by atoms with E-state index in [2.05, 4.69) is 24.0 Å². The maximum absolute atomic E-state index is 6.11.